The van der Waals surface area contributed by atoms with Gasteiger partial charge in [0.05, 0.1) is 0 Å². The minimum atomic E-state index is -1.17. The molecule has 0 unspecified atom stereocenters. The maximum Gasteiger partial charge on any atom is 0.325 e. The highest BCUT2D eigenvalue weighted by Gasteiger charge is 2.41. The first kappa shape index (κ1) is 8.49. The lowest BCUT2D eigenvalue weighted by molar-refractivity contribution is -0.145. The smallest absolute Gasteiger partial charge is 0.325 e. The van der Waals surface area contributed by atoms with Gasteiger partial charge in [0.2, 0.25) is 0 Å². The van der Waals surface area contributed by atoms with Gasteiger partial charge in [-0.15, -0.1) is 0 Å². The quantitative estimate of drug-likeness (QED) is 0.487. The van der Waals surface area contributed by atoms with E-state index in [1.807, 2.05) is 0 Å². The summed E-state index contributed by atoms with van der Waals surface area (Å²) in [6.07, 6.45) is 3.09. The van der Waals surface area contributed by atoms with E-state index in [0.29, 0.717) is 6.42 Å². The number of carboxylic acids is 1. The number of aliphatic carboxylic acids is 1. The van der Waals surface area contributed by atoms with Crippen molar-refractivity contribution < 1.29 is 9.90 Å². The molecular weight excluding hydrogens is 144 g/mol. The molecule has 1 aliphatic rings. The van der Waals surface area contributed by atoms with Crippen LogP contribution in [0.4, 0.5) is 0 Å². The summed E-state index contributed by atoms with van der Waals surface area (Å²) in [4.78, 5) is 10.7. The minimum absolute atomic E-state index is 0.381. The fourth-order valence-electron chi connectivity index (χ4n) is 1.49. The lowest BCUT2D eigenvalue weighted by Gasteiger charge is -2.34. The molecule has 0 spiro atoms. The van der Waals surface area contributed by atoms with Crippen LogP contribution in [0.2, 0.25) is 0 Å². The molecule has 0 heterocycles. The van der Waals surface area contributed by atoms with Crippen molar-refractivity contribution in [2.45, 2.75) is 37.3 Å². The van der Waals surface area contributed by atoms with Crippen LogP contribution < -0.4 is 11.5 Å². The Morgan fingerprint density at radius 3 is 2.55 bits per heavy atom. The third-order valence-electron chi connectivity index (χ3n) is 2.42. The zero-order chi connectivity index (χ0) is 8.48. The lowest BCUT2D eigenvalue weighted by atomic mass is 9.79. The molecule has 4 nitrogen and oxygen atoms in total. The van der Waals surface area contributed by atoms with E-state index in [1.54, 1.807) is 0 Å². The molecule has 2 atom stereocenters. The molecule has 1 aliphatic carbocycles. The van der Waals surface area contributed by atoms with Crippen LogP contribution in [0.5, 0.6) is 0 Å². The second-order valence-corrected chi connectivity index (χ2v) is 3.20. The van der Waals surface area contributed by atoms with Gasteiger partial charge in [-0.2, -0.15) is 0 Å². The molecule has 11 heavy (non-hydrogen) atoms. The van der Waals surface area contributed by atoms with Gasteiger partial charge in [0.1, 0.15) is 5.54 Å². The zero-order valence-corrected chi connectivity index (χ0v) is 6.42. The largest absolute Gasteiger partial charge is 0.480 e. The van der Waals surface area contributed by atoms with Gasteiger partial charge in [0, 0.05) is 6.04 Å². The molecule has 0 amide bonds. The Balaban J connectivity index is 2.72. The third-order valence-corrected chi connectivity index (χ3v) is 2.42. The molecule has 0 saturated heterocycles. The second-order valence-electron chi connectivity index (χ2n) is 3.20. The van der Waals surface area contributed by atoms with E-state index in [4.69, 9.17) is 16.6 Å². The number of hydrogen-bond acceptors (Lipinski definition) is 3. The van der Waals surface area contributed by atoms with E-state index in [0.717, 1.165) is 19.3 Å². The molecule has 0 aromatic rings. The summed E-state index contributed by atoms with van der Waals surface area (Å²) < 4.78 is 0. The molecule has 1 fully saturated rings. The van der Waals surface area contributed by atoms with Crippen molar-refractivity contribution in [3.8, 4) is 0 Å². The van der Waals surface area contributed by atoms with E-state index in [2.05, 4.69) is 0 Å². The highest BCUT2D eigenvalue weighted by molar-refractivity contribution is 5.79. The Labute approximate surface area is 65.6 Å². The summed E-state index contributed by atoms with van der Waals surface area (Å²) in [7, 11) is 0. The topological polar surface area (TPSA) is 89.3 Å². The number of rotatable bonds is 1. The van der Waals surface area contributed by atoms with E-state index in [-0.39, 0.29) is 6.04 Å². The number of nitrogens with two attached hydrogens (primary N) is 2. The van der Waals surface area contributed by atoms with Crippen molar-refractivity contribution in [3.05, 3.63) is 0 Å². The maximum atomic E-state index is 10.7. The Hall–Kier alpha value is -0.610. The van der Waals surface area contributed by atoms with Gasteiger partial charge in [0.25, 0.3) is 0 Å². The third kappa shape index (κ3) is 1.36. The van der Waals surface area contributed by atoms with E-state index in [9.17, 15) is 4.79 Å². The van der Waals surface area contributed by atoms with Gasteiger partial charge < -0.3 is 16.6 Å². The molecule has 0 aliphatic heterocycles. The molecule has 0 aromatic heterocycles. The van der Waals surface area contributed by atoms with Crippen molar-refractivity contribution in [1.29, 1.82) is 0 Å². The summed E-state index contributed by atoms with van der Waals surface area (Å²) in [5.74, 6) is -0.968. The Kier molecular flexibility index (Phi) is 2.15. The fourth-order valence-corrected chi connectivity index (χ4v) is 1.49. The molecule has 1 saturated carbocycles. The molecule has 64 valence electrons. The fraction of sp³-hybridized carbons (Fsp3) is 0.857. The summed E-state index contributed by atoms with van der Waals surface area (Å²) >= 11 is 0. The minimum Gasteiger partial charge on any atom is -0.480 e. The summed E-state index contributed by atoms with van der Waals surface area (Å²) in [5, 5.41) is 8.76. The Morgan fingerprint density at radius 2 is 2.18 bits per heavy atom. The summed E-state index contributed by atoms with van der Waals surface area (Å²) in [6.45, 7) is 0. The van der Waals surface area contributed by atoms with E-state index >= 15 is 0 Å². The molecule has 0 radical (unpaired) electrons. The van der Waals surface area contributed by atoms with E-state index < -0.39 is 11.5 Å². The number of carboxylic acid groups (broad SMARTS) is 1. The average molecular weight is 158 g/mol. The van der Waals surface area contributed by atoms with Crippen LogP contribution in [0.15, 0.2) is 0 Å². The molecule has 4 heteroatoms. The predicted octanol–water partition coefficient (Wildman–Crippen LogP) is -0.330. The van der Waals surface area contributed by atoms with Crippen molar-refractivity contribution in [2.75, 3.05) is 0 Å². The van der Waals surface area contributed by atoms with E-state index in [1.165, 1.54) is 0 Å². The zero-order valence-electron chi connectivity index (χ0n) is 6.42. The van der Waals surface area contributed by atoms with Crippen LogP contribution in [0.3, 0.4) is 0 Å². The highest BCUT2D eigenvalue weighted by atomic mass is 16.4. The Morgan fingerprint density at radius 1 is 1.55 bits per heavy atom. The summed E-state index contributed by atoms with van der Waals surface area (Å²) in [5.41, 5.74) is 10.1. The van der Waals surface area contributed by atoms with Crippen molar-refractivity contribution in [3.63, 3.8) is 0 Å². The van der Waals surface area contributed by atoms with Crippen LogP contribution in [0, 0.1) is 0 Å². The van der Waals surface area contributed by atoms with Crippen LogP contribution in [-0.2, 0) is 4.79 Å². The standard InChI is InChI=1S/C7H14N2O2/c8-5-3-1-2-4-7(5,9)6(10)11/h5H,1-4,8-9H2,(H,10,11)/t5-,7-/m1/s1. The van der Waals surface area contributed by atoms with Gasteiger partial charge in [-0.25, -0.2) is 0 Å². The summed E-state index contributed by atoms with van der Waals surface area (Å²) in [6, 6.07) is -0.381. The van der Waals surface area contributed by atoms with Gasteiger partial charge in [0.15, 0.2) is 0 Å². The molecule has 0 aromatic carbocycles. The molecular formula is C7H14N2O2. The lowest BCUT2D eigenvalue weighted by Crippen LogP contribution is -2.62. The molecule has 5 N–H and O–H groups in total. The van der Waals surface area contributed by atoms with Gasteiger partial charge in [-0.3, -0.25) is 4.79 Å². The predicted molar refractivity (Wildman–Crippen MR) is 41.0 cm³/mol. The maximum absolute atomic E-state index is 10.7. The Bertz CT molecular complexity index is 172. The van der Waals surface area contributed by atoms with Crippen molar-refractivity contribution in [1.82, 2.24) is 0 Å². The van der Waals surface area contributed by atoms with Gasteiger partial charge >= 0.3 is 5.97 Å². The normalized spacial score (nSPS) is 38.5. The number of hydrogen-bond donors (Lipinski definition) is 3. The average Bonchev–Trinajstić information content (AvgIpc) is 1.95. The SMILES string of the molecule is N[C@@H]1CCCC[C@]1(N)C(=O)O. The monoisotopic (exact) mass is 158 g/mol. The number of carbonyl (C=O) groups is 1. The first-order chi connectivity index (χ1) is 5.07. The van der Waals surface area contributed by atoms with Gasteiger partial charge in [-0.05, 0) is 12.8 Å². The van der Waals surface area contributed by atoms with Crippen LogP contribution >= 0.6 is 0 Å². The van der Waals surface area contributed by atoms with Crippen molar-refractivity contribution in [2.24, 2.45) is 11.5 Å². The van der Waals surface area contributed by atoms with Crippen LogP contribution in [0.25, 0.3) is 0 Å². The first-order valence-corrected chi connectivity index (χ1v) is 3.85. The van der Waals surface area contributed by atoms with Gasteiger partial charge in [-0.1, -0.05) is 12.8 Å². The molecule has 1 rings (SSSR count). The second kappa shape index (κ2) is 2.79. The van der Waals surface area contributed by atoms with Crippen LogP contribution in [0.1, 0.15) is 25.7 Å². The van der Waals surface area contributed by atoms with Crippen LogP contribution in [-0.4, -0.2) is 22.7 Å². The molecule has 0 bridgehead atoms. The highest BCUT2D eigenvalue weighted by Crippen LogP contribution is 2.24. The first-order valence-electron chi connectivity index (χ1n) is 3.85. The van der Waals surface area contributed by atoms with Crippen molar-refractivity contribution >= 4 is 5.97 Å².